The van der Waals surface area contributed by atoms with Crippen LogP contribution in [0.5, 0.6) is 0 Å². The molecule has 25 heavy (non-hydrogen) atoms. The molecule has 0 spiro atoms. The largest absolute Gasteiger partial charge is 0.480 e. The Bertz CT molecular complexity index is 652. The van der Waals surface area contributed by atoms with Crippen LogP contribution < -0.4 is 10.2 Å². The van der Waals surface area contributed by atoms with Crippen LogP contribution in [0.15, 0.2) is 24.3 Å². The van der Waals surface area contributed by atoms with Gasteiger partial charge in [0.05, 0.1) is 0 Å². The first-order valence-electron chi connectivity index (χ1n) is 8.67. The van der Waals surface area contributed by atoms with Crippen LogP contribution >= 0.6 is 0 Å². The summed E-state index contributed by atoms with van der Waals surface area (Å²) in [6, 6.07) is 6.77. The highest BCUT2D eigenvalue weighted by atomic mass is 16.4. The van der Waals surface area contributed by atoms with Crippen LogP contribution in [0.4, 0.5) is 5.69 Å². The van der Waals surface area contributed by atoms with Crippen molar-refractivity contribution in [1.82, 2.24) is 5.32 Å². The van der Waals surface area contributed by atoms with Crippen molar-refractivity contribution in [3.8, 4) is 0 Å². The molecule has 2 N–H and O–H groups in total. The zero-order valence-corrected chi connectivity index (χ0v) is 15.2. The van der Waals surface area contributed by atoms with E-state index in [1.165, 1.54) is 5.56 Å². The molecule has 0 radical (unpaired) electrons. The van der Waals surface area contributed by atoms with Gasteiger partial charge in [-0.2, -0.15) is 0 Å². The molecule has 1 saturated heterocycles. The fourth-order valence-corrected chi connectivity index (χ4v) is 2.99. The maximum Gasteiger partial charge on any atom is 0.326 e. The summed E-state index contributed by atoms with van der Waals surface area (Å²) in [6.45, 7) is 8.10. The molecule has 1 aliphatic heterocycles. The van der Waals surface area contributed by atoms with Gasteiger partial charge in [0.2, 0.25) is 11.8 Å². The lowest BCUT2D eigenvalue weighted by Gasteiger charge is -2.20. The van der Waals surface area contributed by atoms with Gasteiger partial charge in [-0.25, -0.2) is 4.79 Å². The minimum absolute atomic E-state index is 0.252. The number of rotatable bonds is 6. The zero-order chi connectivity index (χ0) is 18.7. The molecule has 2 atom stereocenters. The van der Waals surface area contributed by atoms with Crippen LogP contribution in [-0.2, 0) is 14.4 Å². The molecule has 1 aliphatic rings. The molecule has 1 heterocycles. The van der Waals surface area contributed by atoms with Gasteiger partial charge in [-0.3, -0.25) is 9.59 Å². The predicted molar refractivity (Wildman–Crippen MR) is 95.4 cm³/mol. The summed E-state index contributed by atoms with van der Waals surface area (Å²) in [6.07, 6.45) is 0.390. The number of carbonyl (C=O) groups is 3. The molecule has 0 saturated carbocycles. The third kappa shape index (κ3) is 4.18. The number of hydrogen-bond donors (Lipinski definition) is 2. The molecule has 1 aromatic rings. The lowest BCUT2D eigenvalue weighted by molar-refractivity contribution is -0.144. The molecule has 136 valence electrons. The second kappa shape index (κ2) is 7.68. The Kier molecular flexibility index (Phi) is 5.82. The SMILES string of the molecule is CC(C)c1ccc(N2CCC(C(=O)N[C@H](C(=O)O)C(C)C)C2=O)cc1. The first kappa shape index (κ1) is 19.0. The molecule has 1 unspecified atom stereocenters. The summed E-state index contributed by atoms with van der Waals surface area (Å²) >= 11 is 0. The third-order valence-corrected chi connectivity index (χ3v) is 4.62. The summed E-state index contributed by atoms with van der Waals surface area (Å²) < 4.78 is 0. The number of nitrogens with zero attached hydrogens (tertiary/aromatic N) is 1. The topological polar surface area (TPSA) is 86.7 Å². The van der Waals surface area contributed by atoms with Gasteiger partial charge in [-0.1, -0.05) is 39.8 Å². The summed E-state index contributed by atoms with van der Waals surface area (Å²) in [5.74, 6) is -2.54. The molecule has 2 rings (SSSR count). The van der Waals surface area contributed by atoms with Crippen molar-refractivity contribution in [1.29, 1.82) is 0 Å². The Morgan fingerprint density at radius 3 is 2.24 bits per heavy atom. The normalized spacial score (nSPS) is 18.7. The van der Waals surface area contributed by atoms with Gasteiger partial charge >= 0.3 is 5.97 Å². The van der Waals surface area contributed by atoms with E-state index in [2.05, 4.69) is 19.2 Å². The van der Waals surface area contributed by atoms with Gasteiger partial charge in [0.1, 0.15) is 12.0 Å². The quantitative estimate of drug-likeness (QED) is 0.774. The van der Waals surface area contributed by atoms with E-state index in [9.17, 15) is 19.5 Å². The van der Waals surface area contributed by atoms with Gasteiger partial charge in [0, 0.05) is 12.2 Å². The van der Waals surface area contributed by atoms with Crippen LogP contribution in [0.25, 0.3) is 0 Å². The molecule has 0 bridgehead atoms. The van der Waals surface area contributed by atoms with Crippen molar-refractivity contribution in [3.05, 3.63) is 29.8 Å². The van der Waals surface area contributed by atoms with Gasteiger partial charge in [-0.05, 0) is 36.0 Å². The second-order valence-corrected chi connectivity index (χ2v) is 7.15. The molecule has 6 heteroatoms. The van der Waals surface area contributed by atoms with Crippen molar-refractivity contribution in [2.45, 2.75) is 46.1 Å². The second-order valence-electron chi connectivity index (χ2n) is 7.15. The number of benzene rings is 1. The Hall–Kier alpha value is -2.37. The number of aliphatic carboxylic acids is 1. The fourth-order valence-electron chi connectivity index (χ4n) is 2.99. The van der Waals surface area contributed by atoms with Crippen molar-refractivity contribution in [2.24, 2.45) is 11.8 Å². The number of carboxylic acids is 1. The molecule has 6 nitrogen and oxygen atoms in total. The van der Waals surface area contributed by atoms with E-state index < -0.39 is 23.8 Å². The van der Waals surface area contributed by atoms with Crippen LogP contribution in [0.1, 0.15) is 45.6 Å². The fraction of sp³-hybridized carbons (Fsp3) is 0.526. The number of anilines is 1. The number of carbonyl (C=O) groups excluding carboxylic acids is 2. The molecule has 2 amide bonds. The predicted octanol–water partition coefficient (Wildman–Crippen LogP) is 2.39. The standard InChI is InChI=1S/C19H26N2O4/c1-11(2)13-5-7-14(8-6-13)21-10-9-15(18(21)23)17(22)20-16(12(3)4)19(24)25/h5-8,11-12,15-16H,9-10H2,1-4H3,(H,20,22)(H,24,25)/t15?,16-/m0/s1. The zero-order valence-electron chi connectivity index (χ0n) is 15.2. The summed E-state index contributed by atoms with van der Waals surface area (Å²) in [4.78, 5) is 37.8. The van der Waals surface area contributed by atoms with Crippen molar-refractivity contribution in [3.63, 3.8) is 0 Å². The van der Waals surface area contributed by atoms with Crippen LogP contribution in [0.2, 0.25) is 0 Å². The monoisotopic (exact) mass is 346 g/mol. The maximum atomic E-state index is 12.6. The third-order valence-electron chi connectivity index (χ3n) is 4.62. The van der Waals surface area contributed by atoms with Gasteiger partial charge < -0.3 is 15.3 Å². The summed E-state index contributed by atoms with van der Waals surface area (Å²) in [5, 5.41) is 11.7. The summed E-state index contributed by atoms with van der Waals surface area (Å²) in [7, 11) is 0. The first-order chi connectivity index (χ1) is 11.7. The number of carboxylic acid groups (broad SMARTS) is 1. The first-order valence-corrected chi connectivity index (χ1v) is 8.67. The number of hydrogen-bond acceptors (Lipinski definition) is 3. The number of amides is 2. The van der Waals surface area contributed by atoms with Gasteiger partial charge in [-0.15, -0.1) is 0 Å². The molecular formula is C19H26N2O4. The average molecular weight is 346 g/mol. The molecule has 0 aliphatic carbocycles. The van der Waals surface area contributed by atoms with E-state index >= 15 is 0 Å². The molecule has 0 aromatic heterocycles. The highest BCUT2D eigenvalue weighted by molar-refractivity contribution is 6.10. The average Bonchev–Trinajstić information content (AvgIpc) is 2.93. The van der Waals surface area contributed by atoms with E-state index in [0.29, 0.717) is 18.9 Å². The Morgan fingerprint density at radius 2 is 1.76 bits per heavy atom. The molecule has 1 aromatic carbocycles. The van der Waals surface area contributed by atoms with Crippen molar-refractivity contribution < 1.29 is 19.5 Å². The Balaban J connectivity index is 2.08. The van der Waals surface area contributed by atoms with E-state index in [-0.39, 0.29) is 11.8 Å². The van der Waals surface area contributed by atoms with Crippen LogP contribution in [0.3, 0.4) is 0 Å². The molecule has 1 fully saturated rings. The van der Waals surface area contributed by atoms with Gasteiger partial charge in [0.15, 0.2) is 0 Å². The minimum Gasteiger partial charge on any atom is -0.480 e. The van der Waals surface area contributed by atoms with Crippen molar-refractivity contribution >= 4 is 23.5 Å². The van der Waals surface area contributed by atoms with Gasteiger partial charge in [0.25, 0.3) is 0 Å². The lowest BCUT2D eigenvalue weighted by atomic mass is 10.0. The smallest absolute Gasteiger partial charge is 0.326 e. The summed E-state index contributed by atoms with van der Waals surface area (Å²) in [5.41, 5.74) is 1.95. The maximum absolute atomic E-state index is 12.6. The number of nitrogens with one attached hydrogen (secondary N) is 1. The highest BCUT2D eigenvalue weighted by Crippen LogP contribution is 2.27. The van der Waals surface area contributed by atoms with E-state index in [4.69, 9.17) is 0 Å². The van der Waals surface area contributed by atoms with E-state index in [1.807, 2.05) is 24.3 Å². The molecular weight excluding hydrogens is 320 g/mol. The van der Waals surface area contributed by atoms with Crippen molar-refractivity contribution in [2.75, 3.05) is 11.4 Å². The van der Waals surface area contributed by atoms with E-state index in [0.717, 1.165) is 5.69 Å². The Labute approximate surface area is 148 Å². The highest BCUT2D eigenvalue weighted by Gasteiger charge is 2.39. The Morgan fingerprint density at radius 1 is 1.16 bits per heavy atom. The minimum atomic E-state index is -1.09. The van der Waals surface area contributed by atoms with Crippen LogP contribution in [-0.4, -0.2) is 35.5 Å². The van der Waals surface area contributed by atoms with E-state index in [1.54, 1.807) is 18.7 Å². The lowest BCUT2D eigenvalue weighted by Crippen LogP contribution is -2.48. The van der Waals surface area contributed by atoms with Crippen LogP contribution in [0, 0.1) is 11.8 Å².